The van der Waals surface area contributed by atoms with Gasteiger partial charge in [-0.1, -0.05) is 26.0 Å². The Labute approximate surface area is 88.7 Å². The molecule has 1 rings (SSSR count). The van der Waals surface area contributed by atoms with Gasteiger partial charge >= 0.3 is 5.97 Å². The minimum atomic E-state index is -0.970. The quantitative estimate of drug-likeness (QED) is 0.747. The molecule has 0 spiro atoms. The normalized spacial score (nSPS) is 11.8. The third-order valence-corrected chi connectivity index (χ3v) is 2.08. The molecular weight excluding hydrogens is 192 g/mol. The molecule has 0 radical (unpaired) electrons. The molecule has 80 valence electrons. The topological polar surface area (TPSA) is 57.5 Å². The van der Waals surface area contributed by atoms with E-state index in [1.807, 2.05) is 13.8 Å². The number of phenols is 1. The zero-order valence-electron chi connectivity index (χ0n) is 8.77. The Morgan fingerprint density at radius 1 is 1.40 bits per heavy atom. The number of carboxylic acid groups (broad SMARTS) is 1. The number of rotatable bonds is 3. The number of allylic oxidation sites excluding steroid dienone is 1. The highest BCUT2D eigenvalue weighted by molar-refractivity contribution is 5.90. The molecule has 0 atom stereocenters. The predicted molar refractivity (Wildman–Crippen MR) is 58.6 cm³/mol. The van der Waals surface area contributed by atoms with Crippen molar-refractivity contribution in [3.63, 3.8) is 0 Å². The molecule has 3 heteroatoms. The first-order chi connectivity index (χ1) is 7.00. The molecule has 0 heterocycles. The van der Waals surface area contributed by atoms with Gasteiger partial charge in [0.1, 0.15) is 5.75 Å². The van der Waals surface area contributed by atoms with Crippen molar-refractivity contribution < 1.29 is 15.0 Å². The summed E-state index contributed by atoms with van der Waals surface area (Å²) in [5, 5.41) is 18.0. The Balaban J connectivity index is 3.16. The van der Waals surface area contributed by atoms with Crippen molar-refractivity contribution in [1.29, 1.82) is 0 Å². The summed E-state index contributed by atoms with van der Waals surface area (Å²) < 4.78 is 0. The maximum atomic E-state index is 10.6. The van der Waals surface area contributed by atoms with Crippen LogP contribution in [-0.4, -0.2) is 16.2 Å². The largest absolute Gasteiger partial charge is 0.508 e. The van der Waals surface area contributed by atoms with Crippen molar-refractivity contribution in [3.8, 4) is 5.75 Å². The Hall–Kier alpha value is -1.77. The van der Waals surface area contributed by atoms with E-state index in [1.165, 1.54) is 6.08 Å². The molecule has 0 saturated carbocycles. The van der Waals surface area contributed by atoms with Gasteiger partial charge in [0, 0.05) is 6.08 Å². The van der Waals surface area contributed by atoms with E-state index in [9.17, 15) is 9.90 Å². The summed E-state index contributed by atoms with van der Waals surface area (Å²) in [4.78, 5) is 10.6. The van der Waals surface area contributed by atoms with Gasteiger partial charge < -0.3 is 10.2 Å². The van der Waals surface area contributed by atoms with Crippen LogP contribution >= 0.6 is 0 Å². The van der Waals surface area contributed by atoms with Crippen molar-refractivity contribution in [2.75, 3.05) is 0 Å². The van der Waals surface area contributed by atoms with Gasteiger partial charge in [0.2, 0.25) is 0 Å². The summed E-state index contributed by atoms with van der Waals surface area (Å²) in [6.07, 6.45) is 1.18. The Bertz CT molecular complexity index is 392. The summed E-state index contributed by atoms with van der Waals surface area (Å²) >= 11 is 0. The van der Waals surface area contributed by atoms with Gasteiger partial charge in [0.15, 0.2) is 0 Å². The molecule has 0 fully saturated rings. The van der Waals surface area contributed by atoms with Crippen molar-refractivity contribution >= 4 is 11.5 Å². The van der Waals surface area contributed by atoms with Gasteiger partial charge in [-0.15, -0.1) is 0 Å². The molecule has 0 aliphatic carbocycles. The minimum Gasteiger partial charge on any atom is -0.508 e. The van der Waals surface area contributed by atoms with Crippen LogP contribution in [-0.2, 0) is 4.79 Å². The molecule has 1 aromatic carbocycles. The van der Waals surface area contributed by atoms with E-state index < -0.39 is 5.97 Å². The lowest BCUT2D eigenvalue weighted by atomic mass is 9.95. The summed E-state index contributed by atoms with van der Waals surface area (Å²) in [6, 6.07) is 6.61. The monoisotopic (exact) mass is 206 g/mol. The lowest BCUT2D eigenvalue weighted by Gasteiger charge is -2.10. The SMILES string of the molecule is CC(C)/C(=C/C(=O)O)c1cccc(O)c1. The molecule has 1 aromatic rings. The highest BCUT2D eigenvalue weighted by Crippen LogP contribution is 2.25. The summed E-state index contributed by atoms with van der Waals surface area (Å²) in [6.45, 7) is 3.83. The molecule has 0 aromatic heterocycles. The zero-order valence-corrected chi connectivity index (χ0v) is 8.77. The molecule has 2 N–H and O–H groups in total. The van der Waals surface area contributed by atoms with Gasteiger partial charge in [-0.2, -0.15) is 0 Å². The van der Waals surface area contributed by atoms with Gasteiger partial charge in [0.25, 0.3) is 0 Å². The van der Waals surface area contributed by atoms with Crippen molar-refractivity contribution in [1.82, 2.24) is 0 Å². The highest BCUT2D eigenvalue weighted by atomic mass is 16.4. The number of aromatic hydroxyl groups is 1. The summed E-state index contributed by atoms with van der Waals surface area (Å²) in [5.74, 6) is -0.727. The third kappa shape index (κ3) is 3.13. The van der Waals surface area contributed by atoms with Crippen LogP contribution < -0.4 is 0 Å². The van der Waals surface area contributed by atoms with Crippen LogP contribution in [0.1, 0.15) is 19.4 Å². The van der Waals surface area contributed by atoms with Crippen LogP contribution in [0.2, 0.25) is 0 Å². The molecular formula is C12H14O3. The molecule has 15 heavy (non-hydrogen) atoms. The van der Waals surface area contributed by atoms with Crippen LogP contribution in [0.3, 0.4) is 0 Å². The Morgan fingerprint density at radius 3 is 2.53 bits per heavy atom. The average molecular weight is 206 g/mol. The highest BCUT2D eigenvalue weighted by Gasteiger charge is 2.08. The first-order valence-electron chi connectivity index (χ1n) is 4.74. The number of phenolic OH excluding ortho intramolecular Hbond substituents is 1. The molecule has 0 bridgehead atoms. The first-order valence-corrected chi connectivity index (χ1v) is 4.74. The molecule has 0 amide bonds. The number of carboxylic acids is 1. The minimum absolute atomic E-state index is 0.0999. The van der Waals surface area contributed by atoms with Crippen LogP contribution in [0.15, 0.2) is 30.3 Å². The molecule has 0 aliphatic heterocycles. The number of aliphatic carboxylic acids is 1. The van der Waals surface area contributed by atoms with Gasteiger partial charge in [-0.25, -0.2) is 4.79 Å². The van der Waals surface area contributed by atoms with Crippen molar-refractivity contribution in [2.24, 2.45) is 5.92 Å². The standard InChI is InChI=1S/C12H14O3/c1-8(2)11(7-12(14)15)9-4-3-5-10(13)6-9/h3-8,13H,1-2H3,(H,14,15)/b11-7-. The first kappa shape index (κ1) is 11.3. The van der Waals surface area contributed by atoms with E-state index in [1.54, 1.807) is 24.3 Å². The van der Waals surface area contributed by atoms with E-state index in [-0.39, 0.29) is 11.7 Å². The molecule has 3 nitrogen and oxygen atoms in total. The number of benzene rings is 1. The van der Waals surface area contributed by atoms with Crippen LogP contribution in [0.5, 0.6) is 5.75 Å². The fraction of sp³-hybridized carbons (Fsp3) is 0.250. The van der Waals surface area contributed by atoms with E-state index in [2.05, 4.69) is 0 Å². The second-order valence-electron chi connectivity index (χ2n) is 3.64. The number of hydrogen-bond acceptors (Lipinski definition) is 2. The third-order valence-electron chi connectivity index (χ3n) is 2.08. The van der Waals surface area contributed by atoms with E-state index in [0.29, 0.717) is 5.57 Å². The van der Waals surface area contributed by atoms with Crippen LogP contribution in [0.4, 0.5) is 0 Å². The van der Waals surface area contributed by atoms with E-state index in [0.717, 1.165) is 5.56 Å². The van der Waals surface area contributed by atoms with Crippen LogP contribution in [0, 0.1) is 5.92 Å². The summed E-state index contributed by atoms with van der Waals surface area (Å²) in [5.41, 5.74) is 1.45. The average Bonchev–Trinajstić information content (AvgIpc) is 2.13. The van der Waals surface area contributed by atoms with Gasteiger partial charge in [-0.05, 0) is 29.2 Å². The summed E-state index contributed by atoms with van der Waals surface area (Å²) in [7, 11) is 0. The van der Waals surface area contributed by atoms with Crippen LogP contribution in [0.25, 0.3) is 5.57 Å². The molecule has 0 unspecified atom stereocenters. The Morgan fingerprint density at radius 2 is 2.07 bits per heavy atom. The number of carbonyl (C=O) groups is 1. The molecule has 0 aliphatic rings. The maximum absolute atomic E-state index is 10.6. The lowest BCUT2D eigenvalue weighted by molar-refractivity contribution is -0.131. The smallest absolute Gasteiger partial charge is 0.328 e. The molecule has 0 saturated heterocycles. The fourth-order valence-electron chi connectivity index (χ4n) is 1.40. The van der Waals surface area contributed by atoms with Crippen molar-refractivity contribution in [3.05, 3.63) is 35.9 Å². The fourth-order valence-corrected chi connectivity index (χ4v) is 1.40. The maximum Gasteiger partial charge on any atom is 0.328 e. The van der Waals surface area contributed by atoms with Gasteiger partial charge in [-0.3, -0.25) is 0 Å². The zero-order chi connectivity index (χ0) is 11.4. The second kappa shape index (κ2) is 4.64. The lowest BCUT2D eigenvalue weighted by Crippen LogP contribution is -1.98. The van der Waals surface area contributed by atoms with E-state index in [4.69, 9.17) is 5.11 Å². The van der Waals surface area contributed by atoms with Crippen molar-refractivity contribution in [2.45, 2.75) is 13.8 Å². The van der Waals surface area contributed by atoms with E-state index >= 15 is 0 Å². The predicted octanol–water partition coefficient (Wildman–Crippen LogP) is 2.52. The number of hydrogen-bond donors (Lipinski definition) is 2. The second-order valence-corrected chi connectivity index (χ2v) is 3.64. The van der Waals surface area contributed by atoms with Gasteiger partial charge in [0.05, 0.1) is 0 Å². The Kier molecular flexibility index (Phi) is 3.50.